The average Bonchev–Trinajstić information content (AvgIpc) is 3.38. The van der Waals surface area contributed by atoms with Gasteiger partial charge in [-0.1, -0.05) is 41.4 Å². The maximum atomic E-state index is 13.1. The molecule has 0 bridgehead atoms. The van der Waals surface area contributed by atoms with Crippen molar-refractivity contribution in [1.29, 1.82) is 0 Å². The monoisotopic (exact) mass is 518 g/mol. The van der Waals surface area contributed by atoms with Crippen LogP contribution in [0, 0.1) is 0 Å². The number of carbonyl (C=O) groups excluding carboxylic acids is 1. The Hall–Kier alpha value is -2.84. The highest BCUT2D eigenvalue weighted by molar-refractivity contribution is 6.35. The normalized spacial score (nSPS) is 14.5. The predicted octanol–water partition coefficient (Wildman–Crippen LogP) is 4.88. The van der Waals surface area contributed by atoms with Crippen molar-refractivity contribution in [2.45, 2.75) is 25.2 Å². The lowest BCUT2D eigenvalue weighted by molar-refractivity contribution is -0.377. The summed E-state index contributed by atoms with van der Waals surface area (Å²) in [6, 6.07) is 12.6. The first-order valence-electron chi connectivity index (χ1n) is 11.1. The Morgan fingerprint density at radius 3 is 2.29 bits per heavy atom. The Balaban J connectivity index is 1.57. The Morgan fingerprint density at radius 2 is 1.66 bits per heavy atom. The summed E-state index contributed by atoms with van der Waals surface area (Å²) in [5.74, 6) is 0.613. The van der Waals surface area contributed by atoms with E-state index >= 15 is 0 Å². The molecule has 0 radical (unpaired) electrons. The number of ether oxygens (including phenoxy) is 5. The molecule has 2 aromatic carbocycles. The van der Waals surface area contributed by atoms with Gasteiger partial charge in [-0.2, -0.15) is 0 Å². The first kappa shape index (κ1) is 25.3. The number of rotatable bonds is 9. The highest BCUT2D eigenvalue weighted by atomic mass is 35.5. The molecule has 0 saturated carbocycles. The minimum absolute atomic E-state index is 0.250. The minimum atomic E-state index is -0.681. The topological polar surface area (TPSA) is 77.4 Å². The molecule has 1 aromatic heterocycles. The standard InChI is InChI=1S/C26H25Cl2NO6/c1-31-22-8-7-18(12-24(22)32-2)23(13-19-20(27)14-29-15-21(19)28)35-26(30)17-5-3-16(4-6-17)11-25-33-9-10-34-25/h3-8,12,14-15,23,25H,9-11,13H2,1-2H3/p+1/t23-/m0/s1. The number of nitrogens with one attached hydrogen (secondary N) is 1. The number of hydrogen-bond donors (Lipinski definition) is 0. The number of carbonyl (C=O) groups is 1. The summed E-state index contributed by atoms with van der Waals surface area (Å²) >= 11 is 12.8. The van der Waals surface area contributed by atoms with Gasteiger partial charge in [0, 0.05) is 18.4 Å². The van der Waals surface area contributed by atoms with Crippen molar-refractivity contribution in [3.05, 3.63) is 87.2 Å². The van der Waals surface area contributed by atoms with Crippen LogP contribution in [0.5, 0.6) is 11.5 Å². The summed E-state index contributed by atoms with van der Waals surface area (Å²) in [7, 11) is 3.11. The molecule has 7 nitrogen and oxygen atoms in total. The first-order valence-corrected chi connectivity index (χ1v) is 11.8. The number of aromatic nitrogens is 1. The number of hydrogen-bond acceptors (Lipinski definition) is 6. The molecular formula is C26H26Cl2NO6+. The predicted molar refractivity (Wildman–Crippen MR) is 130 cm³/mol. The van der Waals surface area contributed by atoms with Gasteiger partial charge < -0.3 is 23.7 Å². The zero-order valence-corrected chi connectivity index (χ0v) is 20.9. The van der Waals surface area contributed by atoms with Gasteiger partial charge in [0.2, 0.25) is 0 Å². The fraction of sp³-hybridized carbons (Fsp3) is 0.308. The van der Waals surface area contributed by atoms with E-state index in [0.29, 0.717) is 57.9 Å². The third-order valence-corrected chi connectivity index (χ3v) is 6.37. The van der Waals surface area contributed by atoms with Crippen molar-refractivity contribution in [2.24, 2.45) is 0 Å². The number of esters is 1. The van der Waals surface area contributed by atoms with E-state index in [4.69, 9.17) is 46.9 Å². The van der Waals surface area contributed by atoms with Crippen LogP contribution in [0.25, 0.3) is 0 Å². The van der Waals surface area contributed by atoms with Crippen LogP contribution >= 0.6 is 23.2 Å². The number of benzene rings is 2. The number of methoxy groups -OCH3 is 2. The zero-order chi connectivity index (χ0) is 24.8. The van der Waals surface area contributed by atoms with E-state index in [0.717, 1.165) is 5.56 Å². The van der Waals surface area contributed by atoms with E-state index in [1.54, 1.807) is 50.9 Å². The van der Waals surface area contributed by atoms with Crippen molar-refractivity contribution in [2.75, 3.05) is 27.4 Å². The number of pyridine rings is 1. The van der Waals surface area contributed by atoms with Crippen LogP contribution in [0.1, 0.15) is 33.2 Å². The average molecular weight is 519 g/mol. The van der Waals surface area contributed by atoms with E-state index in [-0.39, 0.29) is 12.7 Å². The molecule has 184 valence electrons. The van der Waals surface area contributed by atoms with Crippen LogP contribution in [0.3, 0.4) is 0 Å². The van der Waals surface area contributed by atoms with Crippen LogP contribution in [-0.4, -0.2) is 39.7 Å². The second-order valence-electron chi connectivity index (χ2n) is 7.91. The van der Waals surface area contributed by atoms with E-state index in [9.17, 15) is 4.79 Å². The van der Waals surface area contributed by atoms with Gasteiger partial charge in [-0.15, -0.1) is 0 Å². The summed E-state index contributed by atoms with van der Waals surface area (Å²) in [6.07, 6.45) is 3.21. The molecular weight excluding hydrogens is 493 g/mol. The second kappa shape index (κ2) is 11.7. The molecule has 1 atom stereocenters. The summed E-state index contributed by atoms with van der Waals surface area (Å²) in [5, 5.41) is 0.888. The number of H-pyrrole nitrogens is 1. The Bertz CT molecular complexity index is 1140. The Morgan fingerprint density at radius 1 is 1.00 bits per heavy atom. The molecule has 1 aliphatic rings. The van der Waals surface area contributed by atoms with Gasteiger partial charge in [0.1, 0.15) is 16.1 Å². The largest absolute Gasteiger partial charge is 0.493 e. The van der Waals surface area contributed by atoms with Gasteiger partial charge in [-0.05, 0) is 35.4 Å². The van der Waals surface area contributed by atoms with Crippen molar-refractivity contribution >= 4 is 29.2 Å². The summed E-state index contributed by atoms with van der Waals surface area (Å²) in [6.45, 7) is 1.19. The summed E-state index contributed by atoms with van der Waals surface area (Å²) in [4.78, 5) is 16.0. The molecule has 0 aliphatic carbocycles. The van der Waals surface area contributed by atoms with Gasteiger partial charge in [0.15, 0.2) is 30.2 Å². The van der Waals surface area contributed by atoms with Crippen LogP contribution in [0.15, 0.2) is 54.9 Å². The molecule has 1 aliphatic heterocycles. The van der Waals surface area contributed by atoms with E-state index < -0.39 is 12.1 Å². The number of halogens is 2. The smallest absolute Gasteiger partial charge is 0.338 e. The SMILES string of the molecule is COc1ccc([C@H](Cc2c(Cl)c[nH+]cc2Cl)OC(=O)c2ccc(CC3OCCO3)cc2)cc1OC. The molecule has 0 spiro atoms. The fourth-order valence-corrected chi connectivity index (χ4v) is 4.36. The van der Waals surface area contributed by atoms with Gasteiger partial charge in [-0.3, -0.25) is 0 Å². The van der Waals surface area contributed by atoms with Crippen molar-refractivity contribution in [3.8, 4) is 11.5 Å². The molecule has 2 heterocycles. The molecule has 1 saturated heterocycles. The highest BCUT2D eigenvalue weighted by Gasteiger charge is 2.24. The molecule has 35 heavy (non-hydrogen) atoms. The van der Waals surface area contributed by atoms with Gasteiger partial charge in [-0.25, -0.2) is 9.78 Å². The lowest BCUT2D eigenvalue weighted by Crippen LogP contribution is -2.16. The third kappa shape index (κ3) is 6.24. The molecule has 0 amide bonds. The van der Waals surface area contributed by atoms with Crippen LogP contribution in [0.4, 0.5) is 0 Å². The van der Waals surface area contributed by atoms with E-state index in [1.165, 1.54) is 0 Å². The van der Waals surface area contributed by atoms with E-state index in [1.807, 2.05) is 18.2 Å². The molecule has 1 fully saturated rings. The van der Waals surface area contributed by atoms with Gasteiger partial charge in [0.25, 0.3) is 0 Å². The lowest BCUT2D eigenvalue weighted by atomic mass is 10.0. The van der Waals surface area contributed by atoms with Crippen molar-refractivity contribution in [3.63, 3.8) is 0 Å². The molecule has 9 heteroatoms. The maximum Gasteiger partial charge on any atom is 0.338 e. The lowest BCUT2D eigenvalue weighted by Gasteiger charge is -2.20. The quantitative estimate of drug-likeness (QED) is 0.375. The van der Waals surface area contributed by atoms with Gasteiger partial charge >= 0.3 is 5.97 Å². The first-order chi connectivity index (χ1) is 17.0. The maximum absolute atomic E-state index is 13.1. The fourth-order valence-electron chi connectivity index (χ4n) is 3.83. The molecule has 1 N–H and O–H groups in total. The van der Waals surface area contributed by atoms with Crippen LogP contribution in [-0.2, 0) is 27.1 Å². The summed E-state index contributed by atoms with van der Waals surface area (Å²) < 4.78 is 27.7. The molecule has 0 unspecified atom stereocenters. The number of aromatic amines is 1. The van der Waals surface area contributed by atoms with Crippen LogP contribution in [0.2, 0.25) is 10.0 Å². The molecule has 4 rings (SSSR count). The van der Waals surface area contributed by atoms with E-state index in [2.05, 4.69) is 4.98 Å². The highest BCUT2D eigenvalue weighted by Crippen LogP contribution is 2.35. The third-order valence-electron chi connectivity index (χ3n) is 5.70. The Kier molecular flexibility index (Phi) is 8.46. The summed E-state index contributed by atoms with van der Waals surface area (Å²) in [5.41, 5.74) is 2.80. The van der Waals surface area contributed by atoms with Gasteiger partial charge in [0.05, 0.1) is 33.0 Å². The zero-order valence-electron chi connectivity index (χ0n) is 19.4. The minimum Gasteiger partial charge on any atom is -0.493 e. The van der Waals surface area contributed by atoms with Crippen molar-refractivity contribution < 1.29 is 33.5 Å². The second-order valence-corrected chi connectivity index (χ2v) is 8.73. The van der Waals surface area contributed by atoms with Crippen LogP contribution < -0.4 is 14.5 Å². The van der Waals surface area contributed by atoms with Crippen molar-refractivity contribution in [1.82, 2.24) is 0 Å². The molecule has 3 aromatic rings. The Labute approximate surface area is 213 Å².